The molecule has 0 aromatic heterocycles. The van der Waals surface area contributed by atoms with E-state index in [0.717, 1.165) is 12.1 Å². The summed E-state index contributed by atoms with van der Waals surface area (Å²) in [5.41, 5.74) is 2.66. The van der Waals surface area contributed by atoms with E-state index >= 15 is 4.39 Å². The lowest BCUT2D eigenvalue weighted by molar-refractivity contribution is -0.274. The molecule has 0 radical (unpaired) electrons. The van der Waals surface area contributed by atoms with Gasteiger partial charge in [-0.1, -0.05) is 53.5 Å². The number of carbonyl (C=O) groups is 1. The van der Waals surface area contributed by atoms with Crippen LogP contribution in [0.25, 0.3) is 10.8 Å². The molecule has 0 saturated heterocycles. The van der Waals surface area contributed by atoms with E-state index in [9.17, 15) is 26.4 Å². The number of carbonyl (C=O) groups excluding carboxylic acids is 1. The molecule has 0 amide bonds. The Hall–Kier alpha value is -2.62. The maximum Gasteiger partial charge on any atom is 0.539 e. The molecule has 2 aromatic rings. The van der Waals surface area contributed by atoms with Crippen LogP contribution in [0.2, 0.25) is 16.6 Å². The first-order chi connectivity index (χ1) is 17.6. The molecule has 0 aliphatic carbocycles. The van der Waals surface area contributed by atoms with Crippen molar-refractivity contribution in [1.29, 1.82) is 0 Å². The highest BCUT2D eigenvalue weighted by Gasteiger charge is 2.42. The number of halogens is 4. The van der Waals surface area contributed by atoms with E-state index < -0.39 is 47.8 Å². The van der Waals surface area contributed by atoms with Crippen LogP contribution < -0.4 is 8.92 Å². The standard InChI is InChI=1S/C27H34F4O6SSi/c1-16(2)39(17(3)4,18(5)6)13-12-21-22(28)11-10-19-14-20(35-25(32)26(7,8)9)15-23(24(19)21)36-38(33,34)37-27(29,30)31/h10-11,14-18H,1-9H3. The third kappa shape index (κ3) is 7.74. The summed E-state index contributed by atoms with van der Waals surface area (Å²) in [6.45, 7) is 17.0. The molecule has 0 fully saturated rings. The van der Waals surface area contributed by atoms with Gasteiger partial charge in [0.05, 0.1) is 11.0 Å². The van der Waals surface area contributed by atoms with Crippen LogP contribution in [-0.2, 0) is 19.4 Å². The highest BCUT2D eigenvalue weighted by Crippen LogP contribution is 2.42. The Morgan fingerprint density at radius 1 is 0.949 bits per heavy atom. The van der Waals surface area contributed by atoms with Gasteiger partial charge in [-0.25, -0.2) is 4.39 Å². The van der Waals surface area contributed by atoms with E-state index in [1.807, 2.05) is 41.5 Å². The minimum Gasteiger partial charge on any atom is -0.426 e. The predicted molar refractivity (Wildman–Crippen MR) is 144 cm³/mol. The average Bonchev–Trinajstić information content (AvgIpc) is 2.72. The highest BCUT2D eigenvalue weighted by atomic mass is 32.3. The number of alkyl halides is 3. The van der Waals surface area contributed by atoms with Crippen molar-refractivity contribution in [3.63, 3.8) is 0 Å². The summed E-state index contributed by atoms with van der Waals surface area (Å²) in [4.78, 5) is 12.4. The molecule has 0 bridgehead atoms. The minimum absolute atomic E-state index is 0.128. The van der Waals surface area contributed by atoms with Gasteiger partial charge in [-0.3, -0.25) is 4.79 Å². The van der Waals surface area contributed by atoms with Gasteiger partial charge in [0.25, 0.3) is 0 Å². The van der Waals surface area contributed by atoms with E-state index in [-0.39, 0.29) is 38.7 Å². The smallest absolute Gasteiger partial charge is 0.426 e. The fraction of sp³-hybridized carbons (Fsp3) is 0.519. The zero-order valence-electron chi connectivity index (χ0n) is 23.4. The molecule has 0 atom stereocenters. The predicted octanol–water partition coefficient (Wildman–Crippen LogP) is 7.66. The Balaban J connectivity index is 2.91. The molecule has 0 spiro atoms. The van der Waals surface area contributed by atoms with Gasteiger partial charge in [0.1, 0.15) is 19.6 Å². The maximum absolute atomic E-state index is 15.3. The molecule has 2 aromatic carbocycles. The summed E-state index contributed by atoms with van der Waals surface area (Å²) in [6.07, 6.45) is -5.57. The molecule has 0 saturated carbocycles. The Morgan fingerprint density at radius 2 is 1.49 bits per heavy atom. The Labute approximate surface area is 228 Å². The van der Waals surface area contributed by atoms with Crippen molar-refractivity contribution >= 4 is 35.2 Å². The number of ether oxygens (including phenoxy) is 1. The van der Waals surface area contributed by atoms with Gasteiger partial charge >= 0.3 is 22.7 Å². The molecule has 0 unspecified atom stereocenters. The first kappa shape index (κ1) is 32.6. The number of hydrogen-bond donors (Lipinski definition) is 0. The van der Waals surface area contributed by atoms with Crippen molar-refractivity contribution in [2.24, 2.45) is 5.41 Å². The van der Waals surface area contributed by atoms with Crippen molar-refractivity contribution < 1.29 is 43.9 Å². The van der Waals surface area contributed by atoms with Crippen LogP contribution in [-0.4, -0.2) is 28.8 Å². The molecular formula is C27H34F4O6SSi. The van der Waals surface area contributed by atoms with E-state index in [4.69, 9.17) is 4.74 Å². The van der Waals surface area contributed by atoms with Gasteiger partial charge in [0.15, 0.2) is 5.75 Å². The van der Waals surface area contributed by atoms with E-state index in [0.29, 0.717) is 0 Å². The quantitative estimate of drug-likeness (QED) is 0.108. The number of rotatable bonds is 7. The topological polar surface area (TPSA) is 78.9 Å². The van der Waals surface area contributed by atoms with Crippen molar-refractivity contribution in [3.05, 3.63) is 35.6 Å². The zero-order chi connectivity index (χ0) is 30.1. The molecule has 0 aliphatic rings. The second-order valence-electron chi connectivity index (χ2n) is 11.2. The molecular weight excluding hydrogens is 556 g/mol. The van der Waals surface area contributed by atoms with Gasteiger partial charge < -0.3 is 8.92 Å². The summed E-state index contributed by atoms with van der Waals surface area (Å²) in [6, 6.07) is 4.57. The molecule has 6 nitrogen and oxygen atoms in total. The third-order valence-electron chi connectivity index (χ3n) is 6.49. The van der Waals surface area contributed by atoms with Gasteiger partial charge in [0, 0.05) is 11.5 Å². The van der Waals surface area contributed by atoms with Gasteiger partial charge in [-0.15, -0.1) is 22.9 Å². The summed E-state index contributed by atoms with van der Waals surface area (Å²) in [7, 11) is -8.10. The van der Waals surface area contributed by atoms with Crippen LogP contribution in [0.15, 0.2) is 24.3 Å². The Morgan fingerprint density at radius 3 is 1.95 bits per heavy atom. The molecule has 0 aliphatic heterocycles. The monoisotopic (exact) mass is 590 g/mol. The van der Waals surface area contributed by atoms with Gasteiger partial charge in [-0.05, 0) is 54.9 Å². The van der Waals surface area contributed by atoms with Crippen LogP contribution in [0.3, 0.4) is 0 Å². The number of fused-ring (bicyclic) bond motifs is 1. The first-order valence-electron chi connectivity index (χ1n) is 12.3. The van der Waals surface area contributed by atoms with Crippen LogP contribution in [0.5, 0.6) is 11.5 Å². The lowest BCUT2D eigenvalue weighted by Gasteiger charge is -2.38. The fourth-order valence-electron chi connectivity index (χ4n) is 4.73. The number of benzene rings is 2. The maximum atomic E-state index is 15.3. The van der Waals surface area contributed by atoms with Crippen LogP contribution in [0.1, 0.15) is 67.9 Å². The normalized spacial score (nSPS) is 13.1. The molecule has 39 heavy (non-hydrogen) atoms. The van der Waals surface area contributed by atoms with E-state index in [1.165, 1.54) is 12.1 Å². The first-order valence-corrected chi connectivity index (χ1v) is 15.9. The lowest BCUT2D eigenvalue weighted by atomic mass is 9.97. The third-order valence-corrected chi connectivity index (χ3v) is 13.6. The van der Waals surface area contributed by atoms with Crippen molar-refractivity contribution in [3.8, 4) is 23.0 Å². The summed E-state index contributed by atoms with van der Waals surface area (Å²) in [5, 5.41) is -0.0744. The molecule has 216 valence electrons. The van der Waals surface area contributed by atoms with E-state index in [1.54, 1.807) is 20.8 Å². The lowest BCUT2D eigenvalue weighted by Crippen LogP contribution is -2.43. The minimum atomic E-state index is -5.70. The largest absolute Gasteiger partial charge is 0.539 e. The highest BCUT2D eigenvalue weighted by molar-refractivity contribution is 7.82. The fourth-order valence-corrected chi connectivity index (χ4v) is 10.6. The van der Waals surface area contributed by atoms with Crippen molar-refractivity contribution in [2.75, 3.05) is 0 Å². The number of hydrogen-bond acceptors (Lipinski definition) is 6. The molecule has 2 rings (SSSR count). The zero-order valence-corrected chi connectivity index (χ0v) is 25.2. The second-order valence-corrected chi connectivity index (χ2v) is 18.0. The van der Waals surface area contributed by atoms with Gasteiger partial charge in [-0.2, -0.15) is 8.42 Å². The van der Waals surface area contributed by atoms with Crippen LogP contribution in [0.4, 0.5) is 17.6 Å². The van der Waals surface area contributed by atoms with Crippen LogP contribution >= 0.6 is 0 Å². The Bertz CT molecular complexity index is 1380. The average molecular weight is 591 g/mol. The van der Waals surface area contributed by atoms with E-state index in [2.05, 4.69) is 19.8 Å². The number of esters is 1. The summed E-state index contributed by atoms with van der Waals surface area (Å²) < 4.78 is 90.9. The van der Waals surface area contributed by atoms with Crippen molar-refractivity contribution in [2.45, 2.75) is 85.3 Å². The van der Waals surface area contributed by atoms with Crippen molar-refractivity contribution in [1.82, 2.24) is 0 Å². The van der Waals surface area contributed by atoms with Gasteiger partial charge in [0.2, 0.25) is 0 Å². The summed E-state index contributed by atoms with van der Waals surface area (Å²) >= 11 is 0. The molecule has 0 heterocycles. The SMILES string of the molecule is CC(C)[Si](C#Cc1c(F)ccc2cc(OC(=O)C(C)(C)C)cc(OS(=O)(=O)OC(F)(F)F)c12)(C(C)C)C(C)C. The summed E-state index contributed by atoms with van der Waals surface area (Å²) in [5.74, 6) is 0.407. The second kappa shape index (κ2) is 11.5. The molecule has 0 N–H and O–H groups in total. The van der Waals surface area contributed by atoms with Crippen LogP contribution in [0, 0.1) is 22.7 Å². The Kier molecular flexibility index (Phi) is 9.58. The molecule has 12 heteroatoms.